The molecule has 0 aromatic carbocycles. The first-order chi connectivity index (χ1) is 14.5. The lowest BCUT2D eigenvalue weighted by molar-refractivity contribution is -0.142. The van der Waals surface area contributed by atoms with Crippen LogP contribution in [0.1, 0.15) is 79.1 Å². The van der Waals surface area contributed by atoms with Crippen molar-refractivity contribution in [1.29, 1.82) is 0 Å². The maximum Gasteiger partial charge on any atom is 0.408 e. The highest BCUT2D eigenvalue weighted by Crippen LogP contribution is 2.33. The van der Waals surface area contributed by atoms with Crippen LogP contribution in [0.25, 0.3) is 0 Å². The standard InChI is InChI=1S/C21H38N3O6P/c1-5-9-16(31(28)29)22-18(25)15-12-8-13-24(15)19(26)17(21(2,3)4)23-20(27)30-14-10-6-7-11-14/h14-17,28-29H,5-13H2,1-4H3,(H,22,25)(H,23,27)/t15-,16?,17+/m0/s1. The van der Waals surface area contributed by atoms with Crippen LogP contribution >= 0.6 is 8.38 Å². The average Bonchev–Trinajstić information content (AvgIpc) is 3.36. The Bertz CT molecular complexity index is 633. The molecule has 2 rings (SSSR count). The van der Waals surface area contributed by atoms with E-state index in [0.29, 0.717) is 32.2 Å². The molecule has 0 aromatic rings. The fraction of sp³-hybridized carbons (Fsp3) is 0.857. The van der Waals surface area contributed by atoms with Gasteiger partial charge >= 0.3 is 6.09 Å². The molecule has 9 nitrogen and oxygen atoms in total. The fourth-order valence-electron chi connectivity index (χ4n) is 4.21. The molecule has 1 heterocycles. The van der Waals surface area contributed by atoms with Gasteiger partial charge in [0.05, 0.1) is 5.78 Å². The summed E-state index contributed by atoms with van der Waals surface area (Å²) < 4.78 is 5.48. The van der Waals surface area contributed by atoms with Gasteiger partial charge in [0.1, 0.15) is 18.2 Å². The van der Waals surface area contributed by atoms with Crippen molar-refractivity contribution in [2.24, 2.45) is 5.41 Å². The summed E-state index contributed by atoms with van der Waals surface area (Å²) in [7, 11) is -2.30. The minimum atomic E-state index is -2.30. The van der Waals surface area contributed by atoms with Gasteiger partial charge in [0, 0.05) is 6.54 Å². The zero-order chi connectivity index (χ0) is 23.2. The molecule has 2 aliphatic rings. The summed E-state index contributed by atoms with van der Waals surface area (Å²) in [5.74, 6) is -1.43. The summed E-state index contributed by atoms with van der Waals surface area (Å²) in [6.45, 7) is 7.89. The van der Waals surface area contributed by atoms with Crippen LogP contribution in [-0.2, 0) is 14.3 Å². The Kier molecular flexibility index (Phi) is 9.52. The van der Waals surface area contributed by atoms with Crippen LogP contribution in [-0.4, -0.2) is 63.1 Å². The van der Waals surface area contributed by atoms with Crippen LogP contribution in [0, 0.1) is 5.41 Å². The third-order valence-corrected chi connectivity index (χ3v) is 6.88. The van der Waals surface area contributed by atoms with Gasteiger partial charge in [0.2, 0.25) is 11.8 Å². The Hall–Kier alpha value is -1.44. The molecular weight excluding hydrogens is 421 g/mol. The first kappa shape index (κ1) is 25.8. The second kappa shape index (κ2) is 11.4. The molecule has 1 aliphatic heterocycles. The molecule has 0 spiro atoms. The van der Waals surface area contributed by atoms with Gasteiger partial charge in [-0.15, -0.1) is 0 Å². The lowest BCUT2D eigenvalue weighted by Gasteiger charge is -2.35. The third-order valence-electron chi connectivity index (χ3n) is 5.94. The Labute approximate surface area is 186 Å². The van der Waals surface area contributed by atoms with Gasteiger partial charge in [0.15, 0.2) is 8.38 Å². The summed E-state index contributed by atoms with van der Waals surface area (Å²) >= 11 is 0. The van der Waals surface area contributed by atoms with Crippen molar-refractivity contribution >= 4 is 26.3 Å². The fourth-order valence-corrected chi connectivity index (χ4v) is 4.94. The van der Waals surface area contributed by atoms with E-state index in [9.17, 15) is 24.2 Å². The van der Waals surface area contributed by atoms with E-state index in [0.717, 1.165) is 25.7 Å². The summed E-state index contributed by atoms with van der Waals surface area (Å²) in [5, 5.41) is 5.43. The van der Waals surface area contributed by atoms with Crippen LogP contribution in [0.15, 0.2) is 0 Å². The number of hydrogen-bond acceptors (Lipinski definition) is 6. The van der Waals surface area contributed by atoms with Crippen molar-refractivity contribution in [3.05, 3.63) is 0 Å². The second-order valence-corrected chi connectivity index (χ2v) is 10.8. The summed E-state index contributed by atoms with van der Waals surface area (Å²) in [6.07, 6.45) is 5.34. The highest BCUT2D eigenvalue weighted by atomic mass is 31.2. The lowest BCUT2D eigenvalue weighted by atomic mass is 9.85. The molecule has 3 amide bonds. The molecule has 3 atom stereocenters. The maximum absolute atomic E-state index is 13.4. The van der Waals surface area contributed by atoms with Crippen LogP contribution < -0.4 is 10.6 Å². The molecule has 0 bridgehead atoms. The molecule has 1 unspecified atom stereocenters. The molecular formula is C21H38N3O6P. The van der Waals surface area contributed by atoms with Crippen LogP contribution in [0.4, 0.5) is 4.79 Å². The molecule has 1 saturated heterocycles. The van der Waals surface area contributed by atoms with E-state index in [4.69, 9.17) is 4.74 Å². The van der Waals surface area contributed by atoms with Gasteiger partial charge in [-0.25, -0.2) is 4.79 Å². The van der Waals surface area contributed by atoms with E-state index in [1.807, 2.05) is 27.7 Å². The summed E-state index contributed by atoms with van der Waals surface area (Å²) in [4.78, 5) is 59.4. The van der Waals surface area contributed by atoms with E-state index >= 15 is 0 Å². The number of carbonyl (C=O) groups is 3. The van der Waals surface area contributed by atoms with Gasteiger partial charge in [-0.3, -0.25) is 9.59 Å². The van der Waals surface area contributed by atoms with E-state index in [1.54, 1.807) is 0 Å². The van der Waals surface area contributed by atoms with Gasteiger partial charge < -0.3 is 30.1 Å². The van der Waals surface area contributed by atoms with Crippen molar-refractivity contribution in [2.45, 2.75) is 103 Å². The Morgan fingerprint density at radius 2 is 1.74 bits per heavy atom. The molecule has 2 fully saturated rings. The number of carbonyl (C=O) groups excluding carboxylic acids is 3. The number of likely N-dealkylation sites (tertiary alicyclic amines) is 1. The van der Waals surface area contributed by atoms with Crippen LogP contribution in [0.5, 0.6) is 0 Å². The summed E-state index contributed by atoms with van der Waals surface area (Å²) in [6, 6.07) is -1.53. The number of alkyl carbamates (subject to hydrolysis) is 1. The molecule has 4 N–H and O–H groups in total. The SMILES string of the molecule is CCCC(NC(=O)[C@@H]1CCCN1C(=O)[C@@H](NC(=O)OC1CCCC1)C(C)(C)C)P(O)O. The molecule has 10 heteroatoms. The second-order valence-electron chi connectivity index (χ2n) is 9.58. The normalized spacial score (nSPS) is 21.8. The highest BCUT2D eigenvalue weighted by Gasteiger charge is 2.42. The van der Waals surface area contributed by atoms with Crippen LogP contribution in [0.2, 0.25) is 0 Å². The largest absolute Gasteiger partial charge is 0.446 e. The monoisotopic (exact) mass is 459 g/mol. The molecule has 31 heavy (non-hydrogen) atoms. The van der Waals surface area contributed by atoms with Crippen molar-refractivity contribution < 1.29 is 28.9 Å². The zero-order valence-corrected chi connectivity index (χ0v) is 20.0. The predicted octanol–water partition coefficient (Wildman–Crippen LogP) is 2.60. The van der Waals surface area contributed by atoms with Gasteiger partial charge in [-0.1, -0.05) is 34.1 Å². The Balaban J connectivity index is 2.07. The maximum atomic E-state index is 13.4. The van der Waals surface area contributed by atoms with E-state index in [-0.39, 0.29) is 17.9 Å². The van der Waals surface area contributed by atoms with Gasteiger partial charge in [-0.2, -0.15) is 0 Å². The quantitative estimate of drug-likeness (QED) is 0.413. The number of ether oxygens (including phenoxy) is 1. The first-order valence-corrected chi connectivity index (χ1v) is 12.6. The number of hydrogen-bond donors (Lipinski definition) is 4. The van der Waals surface area contributed by atoms with Crippen molar-refractivity contribution in [3.8, 4) is 0 Å². The molecule has 0 radical (unpaired) electrons. The lowest BCUT2D eigenvalue weighted by Crippen LogP contribution is -2.58. The predicted molar refractivity (Wildman–Crippen MR) is 118 cm³/mol. The van der Waals surface area contributed by atoms with E-state index < -0.39 is 37.8 Å². The topological polar surface area (TPSA) is 128 Å². The molecule has 0 aromatic heterocycles. The van der Waals surface area contributed by atoms with Crippen molar-refractivity contribution in [1.82, 2.24) is 15.5 Å². The third kappa shape index (κ3) is 7.29. The zero-order valence-electron chi connectivity index (χ0n) is 19.1. The minimum absolute atomic E-state index is 0.108. The van der Waals surface area contributed by atoms with Crippen LogP contribution in [0.3, 0.4) is 0 Å². The van der Waals surface area contributed by atoms with Gasteiger partial charge in [-0.05, 0) is 50.4 Å². The smallest absolute Gasteiger partial charge is 0.408 e. The Morgan fingerprint density at radius 1 is 1.10 bits per heavy atom. The number of amides is 3. The highest BCUT2D eigenvalue weighted by molar-refractivity contribution is 7.45. The molecule has 178 valence electrons. The van der Waals surface area contributed by atoms with Gasteiger partial charge in [0.25, 0.3) is 0 Å². The summed E-state index contributed by atoms with van der Waals surface area (Å²) in [5.41, 5.74) is -0.579. The minimum Gasteiger partial charge on any atom is -0.446 e. The number of nitrogens with one attached hydrogen (secondary N) is 2. The van der Waals surface area contributed by atoms with E-state index in [1.165, 1.54) is 4.90 Å². The number of rotatable bonds is 8. The molecule has 1 aliphatic carbocycles. The molecule has 1 saturated carbocycles. The van der Waals surface area contributed by atoms with E-state index in [2.05, 4.69) is 10.6 Å². The first-order valence-electron chi connectivity index (χ1n) is 11.3. The Morgan fingerprint density at radius 3 is 2.29 bits per heavy atom. The average molecular weight is 460 g/mol. The number of nitrogens with zero attached hydrogens (tertiary/aromatic N) is 1. The van der Waals surface area contributed by atoms with Crippen molar-refractivity contribution in [2.75, 3.05) is 6.54 Å². The van der Waals surface area contributed by atoms with Crippen molar-refractivity contribution in [3.63, 3.8) is 0 Å².